The second-order valence-corrected chi connectivity index (χ2v) is 6.91. The summed E-state index contributed by atoms with van der Waals surface area (Å²) in [6.45, 7) is 0.964. The third-order valence-electron chi connectivity index (χ3n) is 5.01. The highest BCUT2D eigenvalue weighted by Gasteiger charge is 2.12. The Hall–Kier alpha value is -1.58. The van der Waals surface area contributed by atoms with Crippen molar-refractivity contribution in [3.05, 3.63) is 24.0 Å². The molecule has 0 radical (unpaired) electrons. The molecule has 1 saturated carbocycles. The van der Waals surface area contributed by atoms with E-state index in [2.05, 4.69) is 32.7 Å². The van der Waals surface area contributed by atoms with E-state index in [1.807, 2.05) is 0 Å². The Morgan fingerprint density at radius 3 is 2.57 bits per heavy atom. The predicted octanol–water partition coefficient (Wildman–Crippen LogP) is 4.91. The molecule has 1 fully saturated rings. The molecule has 0 aliphatic heterocycles. The van der Waals surface area contributed by atoms with E-state index >= 15 is 0 Å². The summed E-state index contributed by atoms with van der Waals surface area (Å²) >= 11 is 0. The van der Waals surface area contributed by atoms with Gasteiger partial charge in [-0.05, 0) is 44.9 Å². The fourth-order valence-electron chi connectivity index (χ4n) is 3.65. The van der Waals surface area contributed by atoms with E-state index in [0.29, 0.717) is 6.04 Å². The van der Waals surface area contributed by atoms with Gasteiger partial charge in [0.05, 0.1) is 0 Å². The maximum atomic E-state index is 4.39. The van der Waals surface area contributed by atoms with Gasteiger partial charge in [-0.1, -0.05) is 37.3 Å². The first-order chi connectivity index (χ1) is 11.4. The minimum absolute atomic E-state index is 0.577. The zero-order chi connectivity index (χ0) is 15.7. The molecule has 0 bridgehead atoms. The fourth-order valence-corrected chi connectivity index (χ4v) is 3.65. The molecule has 0 unspecified atom stereocenters. The molecule has 2 aliphatic carbocycles. The van der Waals surface area contributed by atoms with E-state index in [4.69, 9.17) is 0 Å². The van der Waals surface area contributed by atoms with Gasteiger partial charge in [0, 0.05) is 18.7 Å². The zero-order valence-corrected chi connectivity index (χ0v) is 14.2. The number of hydrogen-bond donors (Lipinski definition) is 2. The molecule has 0 spiro atoms. The quantitative estimate of drug-likeness (QED) is 0.578. The Balaban J connectivity index is 1.47. The van der Waals surface area contributed by atoms with Gasteiger partial charge in [-0.15, -0.1) is 0 Å². The number of nitrogens with zero attached hydrogens (tertiary/aromatic N) is 2. The van der Waals surface area contributed by atoms with Gasteiger partial charge in [-0.2, -0.15) is 0 Å². The zero-order valence-electron chi connectivity index (χ0n) is 14.2. The van der Waals surface area contributed by atoms with Crippen molar-refractivity contribution in [2.24, 2.45) is 0 Å². The molecule has 1 aromatic heterocycles. The van der Waals surface area contributed by atoms with Crippen molar-refractivity contribution in [1.29, 1.82) is 0 Å². The van der Waals surface area contributed by atoms with E-state index < -0.39 is 0 Å². The van der Waals surface area contributed by atoms with Gasteiger partial charge < -0.3 is 10.6 Å². The first kappa shape index (κ1) is 16.3. The predicted molar refractivity (Wildman–Crippen MR) is 96.8 cm³/mol. The van der Waals surface area contributed by atoms with E-state index in [0.717, 1.165) is 24.6 Å². The van der Waals surface area contributed by atoms with Crippen LogP contribution in [0.15, 0.2) is 24.0 Å². The van der Waals surface area contributed by atoms with Gasteiger partial charge in [0.2, 0.25) is 0 Å². The number of aromatic nitrogens is 2. The van der Waals surface area contributed by atoms with Crippen LogP contribution in [0.25, 0.3) is 0 Å². The standard InChI is InChI=1S/C19H30N4/c1-2-7-11-17(10-6-1)23-19-14-18(21-15-22-19)20-13-12-16-8-4-3-5-9-16/h8,14-15,17H,1-7,9-13H2,(H2,20,21,22,23). The molecule has 2 N–H and O–H groups in total. The van der Waals surface area contributed by atoms with E-state index in [9.17, 15) is 0 Å². The number of rotatable bonds is 6. The Kier molecular flexibility index (Phi) is 6.30. The first-order valence-electron chi connectivity index (χ1n) is 9.40. The van der Waals surface area contributed by atoms with Crippen LogP contribution in [0.2, 0.25) is 0 Å². The van der Waals surface area contributed by atoms with Gasteiger partial charge in [0.25, 0.3) is 0 Å². The second-order valence-electron chi connectivity index (χ2n) is 6.91. The second kappa shape index (κ2) is 8.90. The summed E-state index contributed by atoms with van der Waals surface area (Å²) in [5, 5.41) is 7.05. The maximum absolute atomic E-state index is 4.39. The minimum atomic E-state index is 0.577. The lowest BCUT2D eigenvalue weighted by Crippen LogP contribution is -2.19. The molecular formula is C19H30N4. The molecule has 1 heterocycles. The van der Waals surface area contributed by atoms with E-state index in [1.54, 1.807) is 11.9 Å². The highest BCUT2D eigenvalue weighted by Crippen LogP contribution is 2.22. The average Bonchev–Trinajstić information content (AvgIpc) is 2.85. The molecule has 0 aromatic carbocycles. The van der Waals surface area contributed by atoms with Gasteiger partial charge in [-0.25, -0.2) is 9.97 Å². The molecule has 23 heavy (non-hydrogen) atoms. The summed E-state index contributed by atoms with van der Waals surface area (Å²) in [5.74, 6) is 1.90. The maximum Gasteiger partial charge on any atom is 0.131 e. The largest absolute Gasteiger partial charge is 0.370 e. The number of nitrogens with one attached hydrogen (secondary N) is 2. The Morgan fingerprint density at radius 1 is 0.957 bits per heavy atom. The van der Waals surface area contributed by atoms with Crippen LogP contribution < -0.4 is 10.6 Å². The number of hydrogen-bond acceptors (Lipinski definition) is 4. The summed E-state index contributed by atoms with van der Waals surface area (Å²) in [4.78, 5) is 8.74. The molecular weight excluding hydrogens is 284 g/mol. The van der Waals surface area contributed by atoms with Crippen LogP contribution in [-0.4, -0.2) is 22.6 Å². The third-order valence-corrected chi connectivity index (χ3v) is 5.01. The smallest absolute Gasteiger partial charge is 0.131 e. The number of allylic oxidation sites excluding steroid dienone is 1. The van der Waals surface area contributed by atoms with Gasteiger partial charge in [0.15, 0.2) is 0 Å². The van der Waals surface area contributed by atoms with Crippen molar-refractivity contribution in [3.8, 4) is 0 Å². The Bertz CT molecular complexity index is 504. The number of anilines is 2. The third kappa shape index (κ3) is 5.52. The molecule has 2 aliphatic rings. The molecule has 0 saturated heterocycles. The molecule has 4 heteroatoms. The highest BCUT2D eigenvalue weighted by atomic mass is 15.1. The summed E-state index contributed by atoms with van der Waals surface area (Å²) in [6, 6.07) is 2.63. The SMILES string of the molecule is C1=C(CCNc2cc(NC3CCCCCC3)ncn2)CCCC1. The average molecular weight is 314 g/mol. The first-order valence-corrected chi connectivity index (χ1v) is 9.40. The van der Waals surface area contributed by atoms with Gasteiger partial charge in [0.1, 0.15) is 18.0 Å². The Labute approximate surface area is 140 Å². The van der Waals surface area contributed by atoms with Gasteiger partial charge >= 0.3 is 0 Å². The van der Waals surface area contributed by atoms with Crippen molar-refractivity contribution in [3.63, 3.8) is 0 Å². The van der Waals surface area contributed by atoms with Crippen LogP contribution >= 0.6 is 0 Å². The molecule has 0 atom stereocenters. The Morgan fingerprint density at radius 2 is 1.78 bits per heavy atom. The summed E-state index contributed by atoms with van der Waals surface area (Å²) in [6.07, 6.45) is 18.4. The lowest BCUT2D eigenvalue weighted by atomic mass is 9.97. The minimum Gasteiger partial charge on any atom is -0.370 e. The van der Waals surface area contributed by atoms with Crippen molar-refractivity contribution in [2.75, 3.05) is 17.2 Å². The molecule has 0 amide bonds. The summed E-state index contributed by atoms with van der Waals surface area (Å²) in [7, 11) is 0. The lowest BCUT2D eigenvalue weighted by molar-refractivity contribution is 0.617. The van der Waals surface area contributed by atoms with Crippen molar-refractivity contribution in [2.45, 2.75) is 76.7 Å². The van der Waals surface area contributed by atoms with Crippen molar-refractivity contribution in [1.82, 2.24) is 9.97 Å². The molecule has 1 aromatic rings. The lowest BCUT2D eigenvalue weighted by Gasteiger charge is -2.17. The normalized spacial score (nSPS) is 19.7. The van der Waals surface area contributed by atoms with Crippen LogP contribution in [0.4, 0.5) is 11.6 Å². The fraction of sp³-hybridized carbons (Fsp3) is 0.684. The molecule has 126 valence electrons. The summed E-state index contributed by atoms with van der Waals surface area (Å²) < 4.78 is 0. The van der Waals surface area contributed by atoms with E-state index in [-0.39, 0.29) is 0 Å². The van der Waals surface area contributed by atoms with Crippen LogP contribution in [-0.2, 0) is 0 Å². The monoisotopic (exact) mass is 314 g/mol. The van der Waals surface area contributed by atoms with Crippen molar-refractivity contribution < 1.29 is 0 Å². The van der Waals surface area contributed by atoms with Crippen LogP contribution in [0.5, 0.6) is 0 Å². The van der Waals surface area contributed by atoms with E-state index in [1.165, 1.54) is 64.2 Å². The van der Waals surface area contributed by atoms with Crippen LogP contribution in [0, 0.1) is 0 Å². The van der Waals surface area contributed by atoms with Crippen LogP contribution in [0.3, 0.4) is 0 Å². The van der Waals surface area contributed by atoms with Crippen LogP contribution in [0.1, 0.15) is 70.6 Å². The topological polar surface area (TPSA) is 49.8 Å². The highest BCUT2D eigenvalue weighted by molar-refractivity contribution is 5.47. The van der Waals surface area contributed by atoms with Crippen molar-refractivity contribution >= 4 is 11.6 Å². The molecule has 3 rings (SSSR count). The molecule has 4 nitrogen and oxygen atoms in total. The van der Waals surface area contributed by atoms with Gasteiger partial charge in [-0.3, -0.25) is 0 Å². The summed E-state index contributed by atoms with van der Waals surface area (Å²) in [5.41, 5.74) is 1.61.